The van der Waals surface area contributed by atoms with Crippen LogP contribution in [0.4, 0.5) is 11.4 Å². The predicted octanol–water partition coefficient (Wildman–Crippen LogP) is 1.26. The summed E-state index contributed by atoms with van der Waals surface area (Å²) in [7, 11) is 0. The third-order valence-electron chi connectivity index (χ3n) is 3.03. The number of rotatable bonds is 3. The number of nitro groups is 1. The molecule has 96 valence electrons. The van der Waals surface area contributed by atoms with Crippen LogP contribution in [0.5, 0.6) is 0 Å². The lowest BCUT2D eigenvalue weighted by Gasteiger charge is -2.21. The number of hydrogen-bond donors (Lipinski definition) is 1. The summed E-state index contributed by atoms with van der Waals surface area (Å²) in [6.07, 6.45) is 1.72. The van der Waals surface area contributed by atoms with Crippen molar-refractivity contribution in [1.82, 2.24) is 0 Å². The fourth-order valence-corrected chi connectivity index (χ4v) is 2.19. The summed E-state index contributed by atoms with van der Waals surface area (Å²) in [6, 6.07) is 4.49. The number of anilines is 1. The van der Waals surface area contributed by atoms with Gasteiger partial charge >= 0.3 is 0 Å². The minimum atomic E-state index is -0.441. The van der Waals surface area contributed by atoms with Gasteiger partial charge in [0.1, 0.15) is 0 Å². The van der Waals surface area contributed by atoms with Crippen LogP contribution in [0.25, 0.3) is 0 Å². The maximum atomic E-state index is 11.9. The first kappa shape index (κ1) is 12.5. The monoisotopic (exact) mass is 250 g/mol. The molecule has 1 aromatic carbocycles. The van der Waals surface area contributed by atoms with Gasteiger partial charge in [-0.1, -0.05) is 0 Å². The number of aliphatic hydroxyl groups excluding tert-OH is 1. The molecular formula is C12H14N2O4. The van der Waals surface area contributed by atoms with Crippen LogP contribution in [-0.2, 0) is 11.2 Å². The quantitative estimate of drug-likeness (QED) is 0.646. The van der Waals surface area contributed by atoms with Crippen LogP contribution in [0.15, 0.2) is 18.2 Å². The zero-order chi connectivity index (χ0) is 13.1. The molecule has 0 aliphatic carbocycles. The topological polar surface area (TPSA) is 83.7 Å². The van der Waals surface area contributed by atoms with Crippen LogP contribution in [-0.4, -0.2) is 29.1 Å². The van der Waals surface area contributed by atoms with Gasteiger partial charge in [-0.2, -0.15) is 0 Å². The predicted molar refractivity (Wildman–Crippen MR) is 65.5 cm³/mol. The Morgan fingerprint density at radius 3 is 2.83 bits per heavy atom. The molecule has 2 rings (SSSR count). The van der Waals surface area contributed by atoms with E-state index in [1.54, 1.807) is 6.07 Å². The van der Waals surface area contributed by atoms with Crippen molar-refractivity contribution in [2.24, 2.45) is 0 Å². The van der Waals surface area contributed by atoms with E-state index in [1.165, 1.54) is 17.0 Å². The number of aliphatic hydroxyl groups is 1. The lowest BCUT2D eigenvalue weighted by molar-refractivity contribution is -0.384. The molecule has 18 heavy (non-hydrogen) atoms. The summed E-state index contributed by atoms with van der Waals surface area (Å²) in [5.74, 6) is -0.0448. The van der Waals surface area contributed by atoms with Crippen molar-refractivity contribution >= 4 is 17.3 Å². The number of fused-ring (bicyclic) bond motifs is 1. The maximum absolute atomic E-state index is 11.9. The van der Waals surface area contributed by atoms with E-state index in [4.69, 9.17) is 5.11 Å². The lowest BCUT2D eigenvalue weighted by atomic mass is 10.1. The number of carbonyl (C=O) groups excluding carboxylic acids is 1. The molecule has 1 heterocycles. The third-order valence-corrected chi connectivity index (χ3v) is 3.03. The van der Waals surface area contributed by atoms with E-state index in [-0.39, 0.29) is 24.7 Å². The molecule has 0 fully saturated rings. The second-order valence-corrected chi connectivity index (χ2v) is 4.19. The van der Waals surface area contributed by atoms with E-state index >= 15 is 0 Å². The Morgan fingerprint density at radius 2 is 2.17 bits per heavy atom. The van der Waals surface area contributed by atoms with Gasteiger partial charge in [0, 0.05) is 30.8 Å². The molecule has 0 aromatic heterocycles. The number of aryl methyl sites for hydroxylation is 1. The summed E-state index contributed by atoms with van der Waals surface area (Å²) >= 11 is 0. The molecule has 0 saturated carbocycles. The van der Waals surface area contributed by atoms with Gasteiger partial charge in [0.05, 0.1) is 11.5 Å². The second kappa shape index (κ2) is 5.14. The van der Waals surface area contributed by atoms with Crippen molar-refractivity contribution in [3.63, 3.8) is 0 Å². The fraction of sp³-hybridized carbons (Fsp3) is 0.417. The number of nitro benzene ring substituents is 1. The van der Waals surface area contributed by atoms with Gasteiger partial charge in [-0.25, -0.2) is 0 Å². The number of β-amino-alcohol motifs (C(OH)–C–C–N with tert-alkyl or cyclic N) is 1. The number of non-ortho nitro benzene ring substituents is 1. The third kappa shape index (κ3) is 2.33. The molecule has 6 nitrogen and oxygen atoms in total. The molecule has 1 amide bonds. The molecule has 1 aromatic rings. The molecule has 0 spiro atoms. The van der Waals surface area contributed by atoms with Gasteiger partial charge in [-0.15, -0.1) is 0 Å². The van der Waals surface area contributed by atoms with Gasteiger partial charge < -0.3 is 10.0 Å². The van der Waals surface area contributed by atoms with Gasteiger partial charge in [0.2, 0.25) is 5.91 Å². The average molecular weight is 250 g/mol. The van der Waals surface area contributed by atoms with Crippen LogP contribution in [0.1, 0.15) is 18.4 Å². The Balaban J connectivity index is 2.43. The number of carbonyl (C=O) groups is 1. The van der Waals surface area contributed by atoms with Gasteiger partial charge in [-0.3, -0.25) is 14.9 Å². The molecule has 6 heteroatoms. The highest BCUT2D eigenvalue weighted by Crippen LogP contribution is 2.30. The van der Waals surface area contributed by atoms with Crippen molar-refractivity contribution in [1.29, 1.82) is 0 Å². The Hall–Kier alpha value is -1.95. The van der Waals surface area contributed by atoms with E-state index in [2.05, 4.69) is 0 Å². The number of amides is 1. The number of nitrogens with zero attached hydrogens (tertiary/aromatic N) is 2. The van der Waals surface area contributed by atoms with E-state index in [1.807, 2.05) is 0 Å². The first-order valence-electron chi connectivity index (χ1n) is 5.82. The highest BCUT2D eigenvalue weighted by molar-refractivity contribution is 5.95. The SMILES string of the molecule is O=C1CCCc2cc([N+](=O)[O-])ccc2N1CCO. The van der Waals surface area contributed by atoms with Crippen molar-refractivity contribution in [3.05, 3.63) is 33.9 Å². The van der Waals surface area contributed by atoms with Crippen molar-refractivity contribution < 1.29 is 14.8 Å². The Kier molecular flexibility index (Phi) is 3.57. The Morgan fingerprint density at radius 1 is 1.39 bits per heavy atom. The highest BCUT2D eigenvalue weighted by Gasteiger charge is 2.23. The molecule has 0 bridgehead atoms. The van der Waals surface area contributed by atoms with E-state index in [9.17, 15) is 14.9 Å². The minimum Gasteiger partial charge on any atom is -0.395 e. The minimum absolute atomic E-state index is 0.0343. The van der Waals surface area contributed by atoms with Crippen LogP contribution in [0.2, 0.25) is 0 Å². The van der Waals surface area contributed by atoms with Gasteiger partial charge in [0.25, 0.3) is 5.69 Å². The average Bonchev–Trinajstić information content (AvgIpc) is 2.49. The van der Waals surface area contributed by atoms with Gasteiger partial charge in [-0.05, 0) is 24.5 Å². The normalized spacial score (nSPS) is 15.2. The van der Waals surface area contributed by atoms with Gasteiger partial charge in [0.15, 0.2) is 0 Å². The van der Waals surface area contributed by atoms with Crippen LogP contribution in [0.3, 0.4) is 0 Å². The molecule has 0 radical (unpaired) electrons. The summed E-state index contributed by atoms with van der Waals surface area (Å²) in [6.45, 7) is 0.103. The standard InChI is InChI=1S/C12H14N2O4/c15-7-6-13-11-5-4-10(14(17)18)8-9(11)2-1-3-12(13)16/h4-5,8,15H,1-3,6-7H2. The molecule has 0 unspecified atom stereocenters. The van der Waals surface area contributed by atoms with E-state index in [0.717, 1.165) is 5.56 Å². The van der Waals surface area contributed by atoms with Crippen molar-refractivity contribution in [3.8, 4) is 0 Å². The summed E-state index contributed by atoms with van der Waals surface area (Å²) in [5, 5.41) is 19.7. The zero-order valence-electron chi connectivity index (χ0n) is 9.83. The largest absolute Gasteiger partial charge is 0.395 e. The fourth-order valence-electron chi connectivity index (χ4n) is 2.19. The maximum Gasteiger partial charge on any atom is 0.269 e. The van der Waals surface area contributed by atoms with Crippen LogP contribution < -0.4 is 4.90 Å². The van der Waals surface area contributed by atoms with Crippen LogP contribution >= 0.6 is 0 Å². The van der Waals surface area contributed by atoms with E-state index < -0.39 is 4.92 Å². The highest BCUT2D eigenvalue weighted by atomic mass is 16.6. The summed E-state index contributed by atoms with van der Waals surface area (Å²) < 4.78 is 0. The van der Waals surface area contributed by atoms with Crippen LogP contribution in [0, 0.1) is 10.1 Å². The molecule has 1 aliphatic heterocycles. The zero-order valence-corrected chi connectivity index (χ0v) is 9.83. The molecule has 1 aliphatic rings. The molecule has 0 atom stereocenters. The first-order chi connectivity index (χ1) is 8.63. The number of hydrogen-bond acceptors (Lipinski definition) is 4. The van der Waals surface area contributed by atoms with Crippen molar-refractivity contribution in [2.75, 3.05) is 18.1 Å². The summed E-state index contributed by atoms with van der Waals surface area (Å²) in [5.41, 5.74) is 1.51. The Labute approximate surface area is 104 Å². The van der Waals surface area contributed by atoms with E-state index in [0.29, 0.717) is 24.9 Å². The smallest absolute Gasteiger partial charge is 0.269 e. The molecular weight excluding hydrogens is 236 g/mol. The number of benzene rings is 1. The molecule has 1 N–H and O–H groups in total. The summed E-state index contributed by atoms with van der Waals surface area (Å²) in [4.78, 5) is 23.7. The van der Waals surface area contributed by atoms with Crippen molar-refractivity contribution in [2.45, 2.75) is 19.3 Å². The lowest BCUT2D eigenvalue weighted by Crippen LogP contribution is -2.32. The Bertz CT molecular complexity index is 487. The molecule has 0 saturated heterocycles. The second-order valence-electron chi connectivity index (χ2n) is 4.19. The first-order valence-corrected chi connectivity index (χ1v) is 5.82.